The number of amides is 1. The van der Waals surface area contributed by atoms with Crippen LogP contribution in [0, 0.1) is 23.2 Å². The molecule has 0 radical (unpaired) electrons. The molecule has 2 N–H and O–H groups in total. The van der Waals surface area contributed by atoms with Crippen molar-refractivity contribution in [3.8, 4) is 17.6 Å². The number of nitrogens with one attached hydrogen (secondary N) is 2. The van der Waals surface area contributed by atoms with Crippen LogP contribution in [0.2, 0.25) is 0 Å². The molecule has 0 aliphatic heterocycles. The van der Waals surface area contributed by atoms with Crippen molar-refractivity contribution in [1.29, 1.82) is 5.41 Å². The van der Waals surface area contributed by atoms with Gasteiger partial charge in [-0.15, -0.1) is 0 Å². The number of hydrogen-bond acceptors (Lipinski definition) is 3. The number of methoxy groups -OCH3 is 1. The molecule has 2 aromatic rings. The lowest BCUT2D eigenvalue weighted by atomic mass is 10.1. The lowest BCUT2D eigenvalue weighted by Gasteiger charge is -2.27. The fraction of sp³-hybridized carbons (Fsp3) is 0.273. The van der Waals surface area contributed by atoms with Crippen LogP contribution in [0.1, 0.15) is 34.8 Å². The van der Waals surface area contributed by atoms with Gasteiger partial charge >= 0.3 is 0 Å². The molecule has 1 unspecified atom stereocenters. The van der Waals surface area contributed by atoms with E-state index < -0.39 is 0 Å². The molecule has 0 heterocycles. The summed E-state index contributed by atoms with van der Waals surface area (Å²) < 4.78 is 5.22. The minimum Gasteiger partial charge on any atom is -0.497 e. The van der Waals surface area contributed by atoms with Crippen LogP contribution >= 0.6 is 0 Å². The van der Waals surface area contributed by atoms with Gasteiger partial charge in [0.2, 0.25) is 0 Å². The molecule has 1 atom stereocenters. The molecule has 0 spiro atoms. The SMILES string of the molecule is COc1ccc(C(C#CC2CC2)N(C)C(=N)NC(=O)c2ccccc2)cc1. The molecular weight excluding hydrogens is 338 g/mol. The second-order valence-corrected chi connectivity index (χ2v) is 6.52. The van der Waals surface area contributed by atoms with Crippen molar-refractivity contribution in [1.82, 2.24) is 10.2 Å². The molecule has 138 valence electrons. The standard InChI is InChI=1S/C22H23N3O2/c1-25(22(23)24-21(26)18-6-4-3-5-7-18)20(15-10-16-8-9-16)17-11-13-19(27-2)14-12-17/h3-7,11-14,16,20H,8-9H2,1-2H3,(H2,23,24,26). The average molecular weight is 361 g/mol. The van der Waals surface area contributed by atoms with Crippen molar-refractivity contribution >= 4 is 11.9 Å². The van der Waals surface area contributed by atoms with Gasteiger partial charge in [0.1, 0.15) is 11.8 Å². The fourth-order valence-corrected chi connectivity index (χ4v) is 2.60. The average Bonchev–Trinajstić information content (AvgIpc) is 3.53. The van der Waals surface area contributed by atoms with E-state index in [9.17, 15) is 4.79 Å². The van der Waals surface area contributed by atoms with Crippen LogP contribution in [0.4, 0.5) is 0 Å². The smallest absolute Gasteiger partial charge is 0.257 e. The number of nitrogens with zero attached hydrogens (tertiary/aromatic N) is 1. The molecule has 5 heteroatoms. The molecule has 1 fully saturated rings. The first kappa shape index (κ1) is 18.5. The van der Waals surface area contributed by atoms with Gasteiger partial charge in [-0.25, -0.2) is 0 Å². The van der Waals surface area contributed by atoms with Crippen molar-refractivity contribution in [2.45, 2.75) is 18.9 Å². The molecule has 3 rings (SSSR count). The zero-order valence-corrected chi connectivity index (χ0v) is 15.5. The predicted molar refractivity (Wildman–Crippen MR) is 106 cm³/mol. The Balaban J connectivity index is 1.77. The highest BCUT2D eigenvalue weighted by molar-refractivity contribution is 6.04. The molecule has 1 aliphatic carbocycles. The highest BCUT2D eigenvalue weighted by atomic mass is 16.5. The first-order chi connectivity index (χ1) is 13.1. The van der Waals surface area contributed by atoms with Gasteiger partial charge < -0.3 is 9.64 Å². The third kappa shape index (κ3) is 4.89. The highest BCUT2D eigenvalue weighted by Gasteiger charge is 2.22. The summed E-state index contributed by atoms with van der Waals surface area (Å²) in [6, 6.07) is 16.2. The summed E-state index contributed by atoms with van der Waals surface area (Å²) in [7, 11) is 3.39. The minimum atomic E-state index is -0.319. The lowest BCUT2D eigenvalue weighted by molar-refractivity contribution is 0.0972. The summed E-state index contributed by atoms with van der Waals surface area (Å²) in [6.45, 7) is 0. The molecule has 0 bridgehead atoms. The number of carbonyl (C=O) groups excluding carboxylic acids is 1. The van der Waals surface area contributed by atoms with E-state index in [2.05, 4.69) is 17.2 Å². The van der Waals surface area contributed by atoms with Crippen molar-refractivity contribution in [3.05, 3.63) is 65.7 Å². The molecule has 0 saturated heterocycles. The minimum absolute atomic E-state index is 0.00904. The molecule has 0 aromatic heterocycles. The van der Waals surface area contributed by atoms with Gasteiger partial charge in [-0.2, -0.15) is 0 Å². The Morgan fingerprint density at radius 3 is 2.44 bits per heavy atom. The molecule has 1 aliphatic rings. The van der Waals surface area contributed by atoms with E-state index in [0.717, 1.165) is 24.2 Å². The molecular formula is C22H23N3O2. The van der Waals surface area contributed by atoms with Gasteiger partial charge in [0, 0.05) is 18.5 Å². The largest absolute Gasteiger partial charge is 0.497 e. The second kappa shape index (κ2) is 8.41. The summed E-state index contributed by atoms with van der Waals surface area (Å²) >= 11 is 0. The summed E-state index contributed by atoms with van der Waals surface area (Å²) in [5, 5.41) is 11.0. The first-order valence-corrected chi connectivity index (χ1v) is 8.91. The zero-order valence-electron chi connectivity index (χ0n) is 15.5. The third-order valence-electron chi connectivity index (χ3n) is 4.44. The Morgan fingerprint density at radius 1 is 1.19 bits per heavy atom. The maximum absolute atomic E-state index is 12.3. The molecule has 2 aromatic carbocycles. The van der Waals surface area contributed by atoms with Crippen molar-refractivity contribution in [2.24, 2.45) is 5.92 Å². The Hall–Kier alpha value is -3.26. The fourth-order valence-electron chi connectivity index (χ4n) is 2.60. The maximum atomic E-state index is 12.3. The van der Waals surface area contributed by atoms with Crippen LogP contribution in [-0.4, -0.2) is 30.9 Å². The monoisotopic (exact) mass is 361 g/mol. The quantitative estimate of drug-likeness (QED) is 0.498. The van der Waals surface area contributed by atoms with Crippen LogP contribution in [0.25, 0.3) is 0 Å². The van der Waals surface area contributed by atoms with Crippen molar-refractivity contribution in [2.75, 3.05) is 14.2 Å². The van der Waals surface area contributed by atoms with Gasteiger partial charge in [-0.3, -0.25) is 15.5 Å². The van der Waals surface area contributed by atoms with Gasteiger partial charge in [-0.1, -0.05) is 42.2 Å². The number of benzene rings is 2. The van der Waals surface area contributed by atoms with E-state index in [0.29, 0.717) is 11.5 Å². The Labute approximate surface area is 159 Å². The van der Waals surface area contributed by atoms with Crippen molar-refractivity contribution in [3.63, 3.8) is 0 Å². The molecule has 5 nitrogen and oxygen atoms in total. The van der Waals surface area contributed by atoms with Crippen LogP contribution in [0.3, 0.4) is 0 Å². The van der Waals surface area contributed by atoms with E-state index in [1.165, 1.54) is 0 Å². The Morgan fingerprint density at radius 2 is 1.85 bits per heavy atom. The topological polar surface area (TPSA) is 65.4 Å². The van der Waals surface area contributed by atoms with Gasteiger partial charge in [-0.05, 0) is 42.7 Å². The molecule has 27 heavy (non-hydrogen) atoms. The van der Waals surface area contributed by atoms with Gasteiger partial charge in [0.25, 0.3) is 5.91 Å². The summed E-state index contributed by atoms with van der Waals surface area (Å²) in [6.07, 6.45) is 2.27. The summed E-state index contributed by atoms with van der Waals surface area (Å²) in [5.74, 6) is 7.46. The number of hydrogen-bond donors (Lipinski definition) is 2. The van der Waals surface area contributed by atoms with E-state index >= 15 is 0 Å². The van der Waals surface area contributed by atoms with E-state index in [1.807, 2.05) is 30.3 Å². The van der Waals surface area contributed by atoms with E-state index in [-0.39, 0.29) is 17.9 Å². The number of ether oxygens (including phenoxy) is 1. The van der Waals surface area contributed by atoms with Gasteiger partial charge in [0.15, 0.2) is 5.96 Å². The van der Waals surface area contributed by atoms with Crippen molar-refractivity contribution < 1.29 is 9.53 Å². The summed E-state index contributed by atoms with van der Waals surface area (Å²) in [4.78, 5) is 14.0. The molecule has 1 amide bonds. The molecule has 1 saturated carbocycles. The van der Waals surface area contributed by atoms with E-state index in [1.54, 1.807) is 43.3 Å². The number of carbonyl (C=O) groups is 1. The van der Waals surface area contributed by atoms with Crippen LogP contribution < -0.4 is 10.1 Å². The highest BCUT2D eigenvalue weighted by Crippen LogP contribution is 2.29. The zero-order chi connectivity index (χ0) is 19.2. The summed E-state index contributed by atoms with van der Waals surface area (Å²) in [5.41, 5.74) is 1.46. The predicted octanol–water partition coefficient (Wildman–Crippen LogP) is 3.45. The van der Waals surface area contributed by atoms with Crippen LogP contribution in [-0.2, 0) is 0 Å². The maximum Gasteiger partial charge on any atom is 0.257 e. The van der Waals surface area contributed by atoms with E-state index in [4.69, 9.17) is 10.1 Å². The second-order valence-electron chi connectivity index (χ2n) is 6.52. The Kier molecular flexibility index (Phi) is 5.77. The normalized spacial score (nSPS) is 13.7. The van der Waals surface area contributed by atoms with Crippen LogP contribution in [0.5, 0.6) is 5.75 Å². The van der Waals surface area contributed by atoms with Gasteiger partial charge in [0.05, 0.1) is 7.11 Å². The first-order valence-electron chi connectivity index (χ1n) is 8.91. The number of guanidine groups is 1. The lowest BCUT2D eigenvalue weighted by Crippen LogP contribution is -2.42. The third-order valence-corrected chi connectivity index (χ3v) is 4.44. The van der Waals surface area contributed by atoms with Crippen LogP contribution in [0.15, 0.2) is 54.6 Å². The number of rotatable bonds is 4. The Bertz CT molecular complexity index is 862.